The molecular formula is C55H58N4O3S2. The predicted molar refractivity (Wildman–Crippen MR) is 262 cm³/mol. The van der Waals surface area contributed by atoms with Crippen molar-refractivity contribution in [3.8, 4) is 38.4 Å². The average molecular weight is 887 g/mol. The van der Waals surface area contributed by atoms with Gasteiger partial charge in [0.2, 0.25) is 0 Å². The third kappa shape index (κ3) is 9.26. The third-order valence-electron chi connectivity index (χ3n) is 12.6. The topological polar surface area (TPSA) is 124 Å². The molecule has 1 aliphatic carbocycles. The number of hydrogen-bond donors (Lipinski definition) is 2. The molecule has 3 heterocycles. The number of rotatable bonds is 20. The third-order valence-corrected chi connectivity index (χ3v) is 15.1. The molecule has 0 saturated carbocycles. The molecule has 64 heavy (non-hydrogen) atoms. The Balaban J connectivity index is 1.40. The second-order valence-corrected chi connectivity index (χ2v) is 19.4. The second-order valence-electron chi connectivity index (χ2n) is 17.3. The molecule has 2 aliphatic rings. The van der Waals surface area contributed by atoms with Crippen molar-refractivity contribution >= 4 is 34.4 Å². The van der Waals surface area contributed by atoms with Crippen LogP contribution in [0.2, 0.25) is 0 Å². The Hall–Kier alpha value is -5.73. The van der Waals surface area contributed by atoms with Gasteiger partial charge in [0.25, 0.3) is 0 Å². The van der Waals surface area contributed by atoms with Crippen LogP contribution in [0.5, 0.6) is 0 Å². The number of fused-ring (bicyclic) bond motifs is 3. The van der Waals surface area contributed by atoms with E-state index in [1.165, 1.54) is 94.5 Å². The molecule has 0 radical (unpaired) electrons. The second kappa shape index (κ2) is 20.8. The highest BCUT2D eigenvalue weighted by molar-refractivity contribution is 7.24. The summed E-state index contributed by atoms with van der Waals surface area (Å²) in [6.45, 7) is 9.11. The largest absolute Gasteiger partial charge is 0.480 e. The van der Waals surface area contributed by atoms with Crippen LogP contribution in [0.25, 0.3) is 26.3 Å². The van der Waals surface area contributed by atoms with Gasteiger partial charge in [-0.2, -0.15) is 15.8 Å². The fourth-order valence-corrected chi connectivity index (χ4v) is 11.8. The summed E-state index contributed by atoms with van der Waals surface area (Å²) in [4.78, 5) is 6.61. The van der Waals surface area contributed by atoms with E-state index in [0.717, 1.165) is 33.8 Å². The molecule has 0 bridgehead atoms. The zero-order chi connectivity index (χ0) is 45.3. The van der Waals surface area contributed by atoms with Crippen molar-refractivity contribution in [2.45, 2.75) is 103 Å². The Bertz CT molecular complexity index is 2570. The van der Waals surface area contributed by atoms with Crippen molar-refractivity contribution in [1.82, 2.24) is 0 Å². The van der Waals surface area contributed by atoms with Crippen LogP contribution in [0.15, 0.2) is 113 Å². The van der Waals surface area contributed by atoms with E-state index in [1.54, 1.807) is 22.7 Å². The van der Waals surface area contributed by atoms with Crippen LogP contribution in [0.1, 0.15) is 117 Å². The number of aliphatic hydroxyl groups is 2. The molecule has 1 aliphatic heterocycles. The van der Waals surface area contributed by atoms with Gasteiger partial charge < -0.3 is 19.8 Å². The lowest BCUT2D eigenvalue weighted by atomic mass is 9.68. The van der Waals surface area contributed by atoms with Gasteiger partial charge in [0.1, 0.15) is 29.4 Å². The highest BCUT2D eigenvalue weighted by atomic mass is 32.1. The van der Waals surface area contributed by atoms with E-state index in [2.05, 4.69) is 105 Å². The summed E-state index contributed by atoms with van der Waals surface area (Å²) < 4.78 is 6.10. The number of benzene rings is 3. The molecule has 5 aromatic rings. The van der Waals surface area contributed by atoms with Gasteiger partial charge in [0.05, 0.1) is 28.4 Å². The number of ether oxygens (including phenoxy) is 1. The number of thiophene rings is 2. The molecule has 2 N–H and O–H groups in total. The van der Waals surface area contributed by atoms with Crippen LogP contribution in [-0.4, -0.2) is 42.1 Å². The zero-order valence-electron chi connectivity index (χ0n) is 37.5. The van der Waals surface area contributed by atoms with Crippen molar-refractivity contribution in [2.75, 3.05) is 31.2 Å². The Morgan fingerprint density at radius 2 is 1.23 bits per heavy atom. The maximum atomic E-state index is 10.3. The van der Waals surface area contributed by atoms with Gasteiger partial charge in [-0.15, -0.1) is 22.7 Å². The van der Waals surface area contributed by atoms with Crippen LogP contribution in [0.3, 0.4) is 0 Å². The molecule has 7 rings (SSSR count). The molecule has 9 heteroatoms. The first-order valence-corrected chi connectivity index (χ1v) is 24.4. The first-order valence-electron chi connectivity index (χ1n) is 22.8. The lowest BCUT2D eigenvalue weighted by molar-refractivity contribution is 0.0954. The van der Waals surface area contributed by atoms with E-state index in [0.29, 0.717) is 18.7 Å². The highest BCUT2D eigenvalue weighted by Gasteiger charge is 2.49. The minimum Gasteiger partial charge on any atom is -0.480 e. The minimum atomic E-state index is -0.922. The number of aliphatic hydroxyl groups excluding tert-OH is 2. The quantitative estimate of drug-likeness (QED) is 0.0578. The van der Waals surface area contributed by atoms with Gasteiger partial charge in [0, 0.05) is 34.1 Å². The molecule has 328 valence electrons. The smallest absolute Gasteiger partial charge is 0.172 e. The predicted octanol–water partition coefficient (Wildman–Crippen LogP) is 12.8. The number of nitriles is 3. The summed E-state index contributed by atoms with van der Waals surface area (Å²) >= 11 is 3.54. The molecule has 0 unspecified atom stereocenters. The summed E-state index contributed by atoms with van der Waals surface area (Å²) in [7, 11) is 0. The van der Waals surface area contributed by atoms with Crippen molar-refractivity contribution in [3.05, 3.63) is 152 Å². The van der Waals surface area contributed by atoms with Crippen LogP contribution in [-0.2, 0) is 23.0 Å². The summed E-state index contributed by atoms with van der Waals surface area (Å²) in [6, 6.07) is 37.9. The van der Waals surface area contributed by atoms with Crippen LogP contribution < -0.4 is 4.90 Å². The van der Waals surface area contributed by atoms with Gasteiger partial charge >= 0.3 is 0 Å². The van der Waals surface area contributed by atoms with Gasteiger partial charge in [0.15, 0.2) is 11.3 Å². The van der Waals surface area contributed by atoms with Crippen molar-refractivity contribution in [2.24, 2.45) is 0 Å². The highest BCUT2D eigenvalue weighted by Crippen LogP contribution is 2.62. The van der Waals surface area contributed by atoms with E-state index in [1.807, 2.05) is 43.0 Å². The number of unbranched alkanes of at least 4 members (excludes halogenated alkanes) is 6. The lowest BCUT2D eigenvalue weighted by Crippen LogP contribution is -2.29. The molecule has 0 saturated heterocycles. The van der Waals surface area contributed by atoms with Crippen LogP contribution in [0, 0.1) is 34.0 Å². The number of allylic oxidation sites excluding steroid dienone is 2. The van der Waals surface area contributed by atoms with Gasteiger partial charge in [-0.25, -0.2) is 0 Å². The average Bonchev–Trinajstić information content (AvgIpc) is 4.05. The maximum absolute atomic E-state index is 10.3. The molecule has 0 amide bonds. The number of nitrogens with zero attached hydrogens (tertiary/aromatic N) is 4. The molecular weight excluding hydrogens is 829 g/mol. The van der Waals surface area contributed by atoms with E-state index >= 15 is 0 Å². The number of hydrogen-bond acceptors (Lipinski definition) is 9. The molecule has 2 aromatic heterocycles. The monoisotopic (exact) mass is 886 g/mol. The Morgan fingerprint density at radius 3 is 1.75 bits per heavy atom. The van der Waals surface area contributed by atoms with Gasteiger partial charge in [-0.1, -0.05) is 119 Å². The SMILES string of the molecule is CCCCCCc1ccc(C2(c3ccc(CCCCCC)cc3)c3cc(/C=C/C4=C(C#N)C(=C(C#N)C#N)OC4(C)C)sc3-c3sc(-c4ccc(N(CCO)CCO)cc4)cc32)cc1. The lowest BCUT2D eigenvalue weighted by Gasteiger charge is -2.33. The fourth-order valence-electron chi connectivity index (χ4n) is 9.30. The van der Waals surface area contributed by atoms with Crippen LogP contribution >= 0.6 is 22.7 Å². The zero-order valence-corrected chi connectivity index (χ0v) is 39.2. The minimum absolute atomic E-state index is 0.00546. The maximum Gasteiger partial charge on any atom is 0.172 e. The van der Waals surface area contributed by atoms with E-state index in [9.17, 15) is 26.0 Å². The normalized spacial score (nSPS) is 14.5. The Kier molecular flexibility index (Phi) is 15.1. The number of aryl methyl sites for hydroxylation is 2. The van der Waals surface area contributed by atoms with E-state index in [4.69, 9.17) is 4.74 Å². The number of anilines is 1. The molecule has 0 fully saturated rings. The van der Waals surface area contributed by atoms with Crippen molar-refractivity contribution < 1.29 is 14.9 Å². The van der Waals surface area contributed by atoms with Crippen molar-refractivity contribution in [1.29, 1.82) is 15.8 Å². The van der Waals surface area contributed by atoms with E-state index in [-0.39, 0.29) is 30.1 Å². The first-order chi connectivity index (χ1) is 31.2. The van der Waals surface area contributed by atoms with Crippen molar-refractivity contribution in [3.63, 3.8) is 0 Å². The summed E-state index contributed by atoms with van der Waals surface area (Å²) in [5.41, 5.74) is 8.75. The first kappa shape index (κ1) is 46.3. The van der Waals surface area contributed by atoms with Crippen LogP contribution in [0.4, 0.5) is 5.69 Å². The van der Waals surface area contributed by atoms with E-state index < -0.39 is 11.0 Å². The Labute approximate surface area is 387 Å². The Morgan fingerprint density at radius 1 is 0.688 bits per heavy atom. The summed E-state index contributed by atoms with van der Waals surface area (Å²) in [6.07, 6.45) is 15.8. The molecule has 7 nitrogen and oxygen atoms in total. The van der Waals surface area contributed by atoms with Gasteiger partial charge in [-0.05, 0) is 109 Å². The fraction of sp³-hybridized carbons (Fsp3) is 0.364. The standard InChI is InChI=1S/C55H58N4O3S2/c1-5-7-9-11-13-38-15-21-42(22-16-38)55(43-23-17-39(18-24-43)14-12-10-8-6-2)48-33-45(27-28-47-46(37-58)51(41(35-56)36-57)62-54(47,3)4)63-52(48)53-49(55)34-50(64-53)40-19-25-44(26-20-40)59(29-31-60)30-32-61/h15-28,33-34,60-61H,5-14,29-32H2,1-4H3/b28-27+. The van der Waals surface area contributed by atoms with Gasteiger partial charge in [-0.3, -0.25) is 0 Å². The summed E-state index contributed by atoms with van der Waals surface area (Å²) in [5, 5.41) is 49.0. The molecule has 3 aromatic carbocycles. The molecule has 0 atom stereocenters. The molecule has 0 spiro atoms. The summed E-state index contributed by atoms with van der Waals surface area (Å²) in [5.74, 6) is 0.0331.